The molecule has 0 bridgehead atoms. The quantitative estimate of drug-likeness (QED) is 0.796. The smallest absolute Gasteiger partial charge is 0.228 e. The molecule has 0 aliphatic carbocycles. The minimum atomic E-state index is -0.406. The van der Waals surface area contributed by atoms with Crippen LogP contribution in [0.2, 0.25) is 0 Å². The molecular formula is C24H31FN4O2. The molecule has 0 saturated carbocycles. The molecule has 1 N–H and O–H groups in total. The standard InChI is InChI=1S/C24H31FN4O2/c1-15-20(13-21(30)28-19-10-8-18(25)9-11-19)16(2)27-22(26-15)17-7-6-12-29(14-17)23(31)24(3,4)5/h8-11,17H,6-7,12-14H2,1-5H3,(H,28,30)/t17-/m0/s1. The Morgan fingerprint density at radius 3 is 2.32 bits per heavy atom. The van der Waals surface area contributed by atoms with E-state index in [0.717, 1.165) is 42.2 Å². The first-order valence-corrected chi connectivity index (χ1v) is 10.7. The SMILES string of the molecule is Cc1nc([C@H]2CCCN(C(=O)C(C)(C)C)C2)nc(C)c1CC(=O)Nc1ccc(F)cc1. The minimum absolute atomic E-state index is 0.0968. The molecule has 1 atom stereocenters. The van der Waals surface area contributed by atoms with Crippen molar-refractivity contribution in [3.8, 4) is 0 Å². The fourth-order valence-corrected chi connectivity index (χ4v) is 3.95. The van der Waals surface area contributed by atoms with Gasteiger partial charge in [0.2, 0.25) is 11.8 Å². The summed E-state index contributed by atoms with van der Waals surface area (Å²) in [6.45, 7) is 11.0. The lowest BCUT2D eigenvalue weighted by Crippen LogP contribution is -2.45. The molecule has 0 unspecified atom stereocenters. The zero-order valence-corrected chi connectivity index (χ0v) is 19.0. The molecule has 1 aliphatic rings. The number of likely N-dealkylation sites (tertiary alicyclic amines) is 1. The third kappa shape index (κ3) is 5.66. The van der Waals surface area contributed by atoms with Crippen molar-refractivity contribution in [1.82, 2.24) is 14.9 Å². The predicted octanol–water partition coefficient (Wildman–Crippen LogP) is 4.17. The van der Waals surface area contributed by atoms with Crippen LogP contribution in [0, 0.1) is 25.1 Å². The number of aromatic nitrogens is 2. The summed E-state index contributed by atoms with van der Waals surface area (Å²) >= 11 is 0. The van der Waals surface area contributed by atoms with E-state index in [4.69, 9.17) is 9.97 Å². The first-order chi connectivity index (χ1) is 14.5. The maximum atomic E-state index is 13.0. The molecule has 2 aromatic rings. The van der Waals surface area contributed by atoms with Crippen molar-refractivity contribution in [1.29, 1.82) is 0 Å². The van der Waals surface area contributed by atoms with E-state index in [1.165, 1.54) is 24.3 Å². The summed E-state index contributed by atoms with van der Waals surface area (Å²) in [5, 5.41) is 2.78. The van der Waals surface area contributed by atoms with E-state index < -0.39 is 5.41 Å². The van der Waals surface area contributed by atoms with Crippen molar-refractivity contribution >= 4 is 17.5 Å². The van der Waals surface area contributed by atoms with Gasteiger partial charge < -0.3 is 10.2 Å². The maximum absolute atomic E-state index is 13.0. The van der Waals surface area contributed by atoms with E-state index in [2.05, 4.69) is 5.32 Å². The average molecular weight is 427 g/mol. The van der Waals surface area contributed by atoms with Gasteiger partial charge in [0.15, 0.2) is 0 Å². The van der Waals surface area contributed by atoms with Crippen LogP contribution < -0.4 is 5.32 Å². The number of anilines is 1. The van der Waals surface area contributed by atoms with Crippen LogP contribution >= 0.6 is 0 Å². The van der Waals surface area contributed by atoms with Gasteiger partial charge in [0.05, 0.1) is 6.42 Å². The molecule has 31 heavy (non-hydrogen) atoms. The van der Waals surface area contributed by atoms with Crippen molar-refractivity contribution in [3.05, 3.63) is 52.9 Å². The highest BCUT2D eigenvalue weighted by molar-refractivity contribution is 5.92. The fourth-order valence-electron chi connectivity index (χ4n) is 3.95. The summed E-state index contributed by atoms with van der Waals surface area (Å²) in [4.78, 5) is 36.5. The zero-order valence-electron chi connectivity index (χ0n) is 19.0. The summed E-state index contributed by atoms with van der Waals surface area (Å²) in [5.74, 6) is 0.441. The third-order valence-corrected chi connectivity index (χ3v) is 5.62. The largest absolute Gasteiger partial charge is 0.342 e. The van der Waals surface area contributed by atoms with Crippen molar-refractivity contribution in [2.45, 2.75) is 59.8 Å². The number of nitrogens with one attached hydrogen (secondary N) is 1. The number of hydrogen-bond donors (Lipinski definition) is 1. The molecular weight excluding hydrogens is 395 g/mol. The number of benzene rings is 1. The van der Waals surface area contributed by atoms with Crippen molar-refractivity contribution in [2.24, 2.45) is 5.41 Å². The number of halogens is 1. The van der Waals surface area contributed by atoms with E-state index in [9.17, 15) is 14.0 Å². The van der Waals surface area contributed by atoms with Crippen LogP contribution in [0.3, 0.4) is 0 Å². The molecule has 1 aromatic heterocycles. The zero-order chi connectivity index (χ0) is 22.8. The van der Waals surface area contributed by atoms with Crippen LogP contribution in [0.15, 0.2) is 24.3 Å². The molecule has 0 radical (unpaired) electrons. The lowest BCUT2D eigenvalue weighted by atomic mass is 9.90. The monoisotopic (exact) mass is 426 g/mol. The Labute approximate surface area is 183 Å². The van der Waals surface area contributed by atoms with E-state index in [1.807, 2.05) is 39.5 Å². The number of piperidine rings is 1. The van der Waals surface area contributed by atoms with Gasteiger partial charge >= 0.3 is 0 Å². The number of amides is 2. The predicted molar refractivity (Wildman–Crippen MR) is 118 cm³/mol. The summed E-state index contributed by atoms with van der Waals surface area (Å²) in [6.07, 6.45) is 2.02. The van der Waals surface area contributed by atoms with E-state index >= 15 is 0 Å². The maximum Gasteiger partial charge on any atom is 0.228 e. The number of aryl methyl sites for hydroxylation is 2. The second-order valence-corrected chi connectivity index (χ2v) is 9.30. The molecule has 7 heteroatoms. The summed E-state index contributed by atoms with van der Waals surface area (Å²) in [6, 6.07) is 5.67. The van der Waals surface area contributed by atoms with Crippen LogP contribution in [-0.2, 0) is 16.0 Å². The molecule has 0 spiro atoms. The summed E-state index contributed by atoms with van der Waals surface area (Å²) in [5.41, 5.74) is 2.48. The molecule has 2 amide bonds. The van der Waals surface area contributed by atoms with Gasteiger partial charge in [-0.15, -0.1) is 0 Å². The van der Waals surface area contributed by atoms with Gasteiger partial charge in [-0.05, 0) is 51.0 Å². The molecule has 2 heterocycles. The van der Waals surface area contributed by atoms with Crippen LogP contribution in [0.25, 0.3) is 0 Å². The summed E-state index contributed by atoms with van der Waals surface area (Å²) < 4.78 is 13.0. The number of carbonyl (C=O) groups is 2. The molecule has 1 aliphatic heterocycles. The highest BCUT2D eigenvalue weighted by Crippen LogP contribution is 2.29. The Hall–Kier alpha value is -2.83. The van der Waals surface area contributed by atoms with Crippen LogP contribution in [0.4, 0.5) is 10.1 Å². The van der Waals surface area contributed by atoms with E-state index in [0.29, 0.717) is 12.2 Å². The minimum Gasteiger partial charge on any atom is -0.342 e. The Morgan fingerprint density at radius 2 is 1.74 bits per heavy atom. The van der Waals surface area contributed by atoms with Gasteiger partial charge in [-0.1, -0.05) is 20.8 Å². The number of nitrogens with zero attached hydrogens (tertiary/aromatic N) is 3. The Balaban J connectivity index is 1.71. The Morgan fingerprint density at radius 1 is 1.13 bits per heavy atom. The topological polar surface area (TPSA) is 75.2 Å². The van der Waals surface area contributed by atoms with E-state index in [1.54, 1.807) is 0 Å². The molecule has 1 saturated heterocycles. The highest BCUT2D eigenvalue weighted by Gasteiger charge is 2.32. The van der Waals surface area contributed by atoms with Crippen LogP contribution in [0.5, 0.6) is 0 Å². The second-order valence-electron chi connectivity index (χ2n) is 9.30. The van der Waals surface area contributed by atoms with Crippen LogP contribution in [0.1, 0.15) is 62.3 Å². The first-order valence-electron chi connectivity index (χ1n) is 10.7. The van der Waals surface area contributed by atoms with Gasteiger partial charge in [0, 0.05) is 47.1 Å². The Bertz CT molecular complexity index is 944. The first kappa shape index (κ1) is 22.8. The van der Waals surface area contributed by atoms with E-state index in [-0.39, 0.29) is 30.0 Å². The number of hydrogen-bond acceptors (Lipinski definition) is 4. The average Bonchev–Trinajstić information content (AvgIpc) is 2.71. The molecule has 166 valence electrons. The molecule has 6 nitrogen and oxygen atoms in total. The summed E-state index contributed by atoms with van der Waals surface area (Å²) in [7, 11) is 0. The van der Waals surface area contributed by atoms with Gasteiger partial charge in [-0.3, -0.25) is 9.59 Å². The van der Waals surface area contributed by atoms with Gasteiger partial charge in [-0.2, -0.15) is 0 Å². The number of rotatable bonds is 4. The third-order valence-electron chi connectivity index (χ3n) is 5.62. The van der Waals surface area contributed by atoms with Gasteiger partial charge in [0.1, 0.15) is 11.6 Å². The molecule has 1 aromatic carbocycles. The lowest BCUT2D eigenvalue weighted by Gasteiger charge is -2.36. The Kier molecular flexibility index (Phi) is 6.72. The van der Waals surface area contributed by atoms with Crippen LogP contribution in [-0.4, -0.2) is 39.8 Å². The normalized spacial score (nSPS) is 16.8. The second kappa shape index (κ2) is 9.12. The molecule has 3 rings (SSSR count). The number of carbonyl (C=O) groups excluding carboxylic acids is 2. The van der Waals surface area contributed by atoms with Crippen molar-refractivity contribution < 1.29 is 14.0 Å². The van der Waals surface area contributed by atoms with Crippen molar-refractivity contribution in [2.75, 3.05) is 18.4 Å². The lowest BCUT2D eigenvalue weighted by molar-refractivity contribution is -0.140. The highest BCUT2D eigenvalue weighted by atomic mass is 19.1. The van der Waals surface area contributed by atoms with Gasteiger partial charge in [-0.25, -0.2) is 14.4 Å². The molecule has 1 fully saturated rings. The van der Waals surface area contributed by atoms with Crippen molar-refractivity contribution in [3.63, 3.8) is 0 Å². The van der Waals surface area contributed by atoms with Gasteiger partial charge in [0.25, 0.3) is 0 Å². The fraction of sp³-hybridized carbons (Fsp3) is 0.500.